The molecule has 0 aliphatic heterocycles. The van der Waals surface area contributed by atoms with Gasteiger partial charge in [0.2, 0.25) is 23.6 Å². The molecular weight excluding hydrogens is 498 g/mol. The van der Waals surface area contributed by atoms with E-state index in [4.69, 9.17) is 11.5 Å². The van der Waals surface area contributed by atoms with E-state index >= 15 is 0 Å². The van der Waals surface area contributed by atoms with E-state index in [1.807, 2.05) is 0 Å². The lowest BCUT2D eigenvalue weighted by molar-refractivity contribution is -0.142. The zero-order chi connectivity index (χ0) is 26.5. The van der Waals surface area contributed by atoms with E-state index in [2.05, 4.69) is 28.6 Å². The summed E-state index contributed by atoms with van der Waals surface area (Å²) >= 11 is 5.48. The van der Waals surface area contributed by atoms with Crippen LogP contribution in [-0.2, 0) is 30.4 Å². The first-order valence-corrected chi connectivity index (χ1v) is 12.6. The molecule has 0 aliphatic rings. The monoisotopic (exact) mass is 529 g/mol. The van der Waals surface area contributed by atoms with Crippen LogP contribution in [0.25, 0.3) is 0 Å². The van der Waals surface area contributed by atoms with Gasteiger partial charge >= 0.3 is 5.97 Å². The lowest BCUT2D eigenvalue weighted by atomic mass is 10.0. The van der Waals surface area contributed by atoms with E-state index in [0.717, 1.165) is 0 Å². The van der Waals surface area contributed by atoms with Gasteiger partial charge in [0.15, 0.2) is 0 Å². The van der Waals surface area contributed by atoms with Crippen molar-refractivity contribution in [1.29, 1.82) is 0 Å². The Kier molecular flexibility index (Phi) is 13.0. The molecule has 4 unspecified atom stereocenters. The Morgan fingerprint density at radius 1 is 0.971 bits per heavy atom. The number of phenols is 1. The highest BCUT2D eigenvalue weighted by atomic mass is 32.2. The van der Waals surface area contributed by atoms with Crippen molar-refractivity contribution in [3.8, 4) is 5.75 Å². The smallest absolute Gasteiger partial charge is 0.326 e. The fraction of sp³-hybridized carbons (Fsp3) is 0.476. The van der Waals surface area contributed by atoms with Gasteiger partial charge in [0.25, 0.3) is 0 Å². The average Bonchev–Trinajstić information content (AvgIpc) is 2.79. The molecule has 0 radical (unpaired) electrons. The van der Waals surface area contributed by atoms with Crippen LogP contribution in [0.3, 0.4) is 0 Å². The van der Waals surface area contributed by atoms with Crippen molar-refractivity contribution < 1.29 is 34.2 Å². The van der Waals surface area contributed by atoms with Crippen LogP contribution < -0.4 is 27.4 Å². The fourth-order valence-electron chi connectivity index (χ4n) is 2.90. The number of thioether (sulfide) groups is 1. The largest absolute Gasteiger partial charge is 0.508 e. The van der Waals surface area contributed by atoms with Crippen molar-refractivity contribution in [2.24, 2.45) is 11.5 Å². The average molecular weight is 530 g/mol. The molecule has 12 nitrogen and oxygen atoms in total. The summed E-state index contributed by atoms with van der Waals surface area (Å²) in [5, 5.41) is 26.2. The molecule has 1 aromatic rings. The summed E-state index contributed by atoms with van der Waals surface area (Å²) < 4.78 is 0. The molecule has 194 valence electrons. The van der Waals surface area contributed by atoms with Crippen LogP contribution >= 0.6 is 24.4 Å². The molecular formula is C21H31N5O7S2. The topological polar surface area (TPSA) is 214 Å². The zero-order valence-corrected chi connectivity index (χ0v) is 20.8. The van der Waals surface area contributed by atoms with Crippen LogP contribution in [0.4, 0.5) is 0 Å². The molecule has 0 bridgehead atoms. The van der Waals surface area contributed by atoms with Gasteiger partial charge in [-0.2, -0.15) is 24.4 Å². The predicted octanol–water partition coefficient (Wildman–Crippen LogP) is -1.64. The Morgan fingerprint density at radius 3 is 2.03 bits per heavy atom. The van der Waals surface area contributed by atoms with Gasteiger partial charge in [0.1, 0.15) is 23.9 Å². The molecule has 14 heteroatoms. The van der Waals surface area contributed by atoms with Gasteiger partial charge < -0.3 is 37.6 Å². The molecule has 35 heavy (non-hydrogen) atoms. The number of nitrogens with one attached hydrogen (secondary N) is 3. The predicted molar refractivity (Wildman–Crippen MR) is 134 cm³/mol. The number of carboxylic acid groups (broad SMARTS) is 1. The third-order valence-corrected chi connectivity index (χ3v) is 5.82. The third kappa shape index (κ3) is 10.9. The molecule has 0 aromatic heterocycles. The minimum Gasteiger partial charge on any atom is -0.508 e. The highest BCUT2D eigenvalue weighted by molar-refractivity contribution is 7.98. The van der Waals surface area contributed by atoms with Gasteiger partial charge in [0.05, 0.1) is 12.5 Å². The SMILES string of the molecule is CSCCC(NC(=O)C(Cc1ccc(O)cc1)NC(=O)C(CS)NC(=O)C(N)CC(N)=O)C(=O)O. The van der Waals surface area contributed by atoms with Crippen LogP contribution in [0.2, 0.25) is 0 Å². The number of nitrogens with two attached hydrogens (primary N) is 2. The summed E-state index contributed by atoms with van der Waals surface area (Å²) in [5.41, 5.74) is 11.2. The van der Waals surface area contributed by atoms with Gasteiger partial charge in [-0.3, -0.25) is 19.2 Å². The summed E-state index contributed by atoms with van der Waals surface area (Å²) in [5.74, 6) is -3.98. The number of thiol groups is 1. The highest BCUT2D eigenvalue weighted by Crippen LogP contribution is 2.12. The Balaban J connectivity index is 3.03. The minimum atomic E-state index is -1.27. The second-order valence-corrected chi connectivity index (χ2v) is 8.98. The van der Waals surface area contributed by atoms with Crippen molar-refractivity contribution in [2.45, 2.75) is 43.4 Å². The maximum Gasteiger partial charge on any atom is 0.326 e. The normalized spacial score (nSPS) is 14.1. The van der Waals surface area contributed by atoms with Crippen molar-refractivity contribution in [2.75, 3.05) is 17.8 Å². The molecule has 0 saturated carbocycles. The number of hydrogen-bond acceptors (Lipinski definition) is 9. The van der Waals surface area contributed by atoms with Gasteiger partial charge in [0, 0.05) is 12.2 Å². The van der Waals surface area contributed by atoms with Crippen molar-refractivity contribution >= 4 is 54.0 Å². The summed E-state index contributed by atoms with van der Waals surface area (Å²) in [6.07, 6.45) is 1.53. The van der Waals surface area contributed by atoms with E-state index in [-0.39, 0.29) is 24.3 Å². The van der Waals surface area contributed by atoms with Gasteiger partial charge in [-0.05, 0) is 36.1 Å². The zero-order valence-electron chi connectivity index (χ0n) is 19.1. The Labute approximate surface area is 212 Å². The van der Waals surface area contributed by atoms with Crippen molar-refractivity contribution in [3.05, 3.63) is 29.8 Å². The number of amides is 4. The van der Waals surface area contributed by atoms with E-state index < -0.39 is 60.2 Å². The molecule has 1 aromatic carbocycles. The highest BCUT2D eigenvalue weighted by Gasteiger charge is 2.30. The summed E-state index contributed by atoms with van der Waals surface area (Å²) in [6, 6.07) is 1.06. The van der Waals surface area contributed by atoms with Crippen LogP contribution in [0.5, 0.6) is 5.75 Å². The fourth-order valence-corrected chi connectivity index (χ4v) is 3.63. The van der Waals surface area contributed by atoms with Gasteiger partial charge in [-0.15, -0.1) is 0 Å². The minimum absolute atomic E-state index is 0.00643. The third-order valence-electron chi connectivity index (χ3n) is 4.81. The number of phenolic OH excluding ortho intramolecular Hbond substituents is 1. The number of carboxylic acids is 1. The quantitative estimate of drug-likeness (QED) is 0.122. The number of aliphatic carboxylic acids is 1. The number of benzene rings is 1. The first kappa shape index (κ1) is 30.1. The first-order valence-electron chi connectivity index (χ1n) is 10.5. The van der Waals surface area contributed by atoms with Crippen molar-refractivity contribution in [3.63, 3.8) is 0 Å². The molecule has 0 aliphatic carbocycles. The maximum absolute atomic E-state index is 13.0. The number of carbonyl (C=O) groups excluding carboxylic acids is 4. The molecule has 0 heterocycles. The number of hydrogen-bond donors (Lipinski definition) is 8. The van der Waals surface area contributed by atoms with Crippen LogP contribution in [-0.4, -0.2) is 81.7 Å². The van der Waals surface area contributed by atoms with Crippen LogP contribution in [0.1, 0.15) is 18.4 Å². The lowest BCUT2D eigenvalue weighted by Crippen LogP contribution is -2.58. The van der Waals surface area contributed by atoms with E-state index in [1.165, 1.54) is 23.9 Å². The first-order chi connectivity index (χ1) is 16.5. The van der Waals surface area contributed by atoms with E-state index in [0.29, 0.717) is 11.3 Å². The van der Waals surface area contributed by atoms with Gasteiger partial charge in [-0.25, -0.2) is 4.79 Å². The Hall–Kier alpha value is -2.97. The van der Waals surface area contributed by atoms with E-state index in [1.54, 1.807) is 18.4 Å². The van der Waals surface area contributed by atoms with Gasteiger partial charge in [-0.1, -0.05) is 12.1 Å². The summed E-state index contributed by atoms with van der Waals surface area (Å²) in [7, 11) is 0. The van der Waals surface area contributed by atoms with Crippen LogP contribution in [0, 0.1) is 0 Å². The molecule has 1 rings (SSSR count). The molecule has 4 atom stereocenters. The summed E-state index contributed by atoms with van der Waals surface area (Å²) in [6.45, 7) is 0. The second-order valence-electron chi connectivity index (χ2n) is 7.63. The molecule has 0 spiro atoms. The number of rotatable bonds is 15. The number of primary amides is 1. The van der Waals surface area contributed by atoms with Crippen LogP contribution in [0.15, 0.2) is 24.3 Å². The lowest BCUT2D eigenvalue weighted by Gasteiger charge is -2.24. The Bertz CT molecular complexity index is 901. The number of carbonyl (C=O) groups is 5. The van der Waals surface area contributed by atoms with Crippen molar-refractivity contribution in [1.82, 2.24) is 16.0 Å². The Morgan fingerprint density at radius 2 is 1.51 bits per heavy atom. The standard InChI is InChI=1S/C21H31N5O7S2/c1-35-7-6-14(21(32)33)24-19(30)15(8-11-2-4-12(27)5-3-11)25-20(31)16(10-34)26-18(29)13(22)9-17(23)28/h2-5,13-16,27,34H,6-10,22H2,1H3,(H2,23,28)(H,24,30)(H,25,31)(H,26,29)(H,32,33). The molecule has 0 fully saturated rings. The number of aromatic hydroxyl groups is 1. The molecule has 9 N–H and O–H groups in total. The molecule has 0 saturated heterocycles. The summed E-state index contributed by atoms with van der Waals surface area (Å²) in [4.78, 5) is 60.6. The second kappa shape index (κ2) is 15.1. The van der Waals surface area contributed by atoms with E-state index in [9.17, 15) is 34.2 Å². The molecule has 4 amide bonds. The maximum atomic E-state index is 13.0.